The lowest BCUT2D eigenvalue weighted by molar-refractivity contribution is -0.138. The molecule has 0 aromatic carbocycles. The predicted molar refractivity (Wildman–Crippen MR) is 82.3 cm³/mol. The van der Waals surface area contributed by atoms with Gasteiger partial charge in [0.1, 0.15) is 0 Å². The van der Waals surface area contributed by atoms with Crippen LogP contribution in [-0.4, -0.2) is 72.2 Å². The van der Waals surface area contributed by atoms with E-state index in [-0.39, 0.29) is 24.4 Å². The number of ether oxygens (including phenoxy) is 1. The van der Waals surface area contributed by atoms with Crippen molar-refractivity contribution in [3.63, 3.8) is 0 Å². The molecule has 3 heterocycles. The van der Waals surface area contributed by atoms with Gasteiger partial charge in [-0.25, -0.2) is 0 Å². The maximum atomic E-state index is 12.8. The number of rotatable bonds is 3. The SMILES string of the molecule is Cc1ccc(C(=O)N2C[C@H]3COC[C@@H]2CN(CC(=O)O)C3)s1. The first-order chi connectivity index (χ1) is 10.5. The number of aryl methyl sites for hydroxylation is 1. The fraction of sp³-hybridized carbons (Fsp3) is 0.600. The lowest BCUT2D eigenvalue weighted by Gasteiger charge is -2.30. The standard InChI is InChI=1S/C15H20N2O4S/c1-10-2-3-13(22-10)15(20)17-5-11-4-16(7-14(18)19)6-12(17)9-21-8-11/h2-3,11-12H,4-9H2,1H3,(H,18,19)/t11-,12-/m0/s1. The van der Waals surface area contributed by atoms with Gasteiger partial charge in [0.15, 0.2) is 0 Å². The highest BCUT2D eigenvalue weighted by Crippen LogP contribution is 2.24. The lowest BCUT2D eigenvalue weighted by Crippen LogP contribution is -2.47. The van der Waals surface area contributed by atoms with Crippen LogP contribution in [0.1, 0.15) is 14.5 Å². The Hall–Kier alpha value is -1.44. The van der Waals surface area contributed by atoms with E-state index in [1.165, 1.54) is 11.3 Å². The molecule has 7 heteroatoms. The van der Waals surface area contributed by atoms with Crippen molar-refractivity contribution in [3.05, 3.63) is 21.9 Å². The number of nitrogens with zero attached hydrogens (tertiary/aromatic N) is 2. The number of carboxylic acid groups (broad SMARTS) is 1. The molecule has 1 aromatic heterocycles. The molecule has 1 N–H and O–H groups in total. The van der Waals surface area contributed by atoms with Crippen molar-refractivity contribution in [1.29, 1.82) is 0 Å². The smallest absolute Gasteiger partial charge is 0.317 e. The van der Waals surface area contributed by atoms with E-state index in [1.807, 2.05) is 28.9 Å². The number of carboxylic acids is 1. The predicted octanol–water partition coefficient (Wildman–Crippen LogP) is 0.914. The molecule has 2 atom stereocenters. The summed E-state index contributed by atoms with van der Waals surface area (Å²) in [5, 5.41) is 9.02. The first kappa shape index (κ1) is 15.5. The van der Waals surface area contributed by atoms with Crippen molar-refractivity contribution in [2.45, 2.75) is 13.0 Å². The Bertz CT molecular complexity index is 574. The minimum atomic E-state index is -0.826. The molecular weight excluding hydrogens is 304 g/mol. The van der Waals surface area contributed by atoms with Gasteiger partial charge in [-0.2, -0.15) is 0 Å². The zero-order chi connectivity index (χ0) is 15.7. The van der Waals surface area contributed by atoms with Crippen LogP contribution in [0.2, 0.25) is 0 Å². The molecule has 1 amide bonds. The third-order valence-corrected chi connectivity index (χ3v) is 5.10. The van der Waals surface area contributed by atoms with Gasteiger partial charge in [0.05, 0.1) is 30.7 Å². The van der Waals surface area contributed by atoms with E-state index in [4.69, 9.17) is 9.84 Å². The van der Waals surface area contributed by atoms with Gasteiger partial charge in [-0.1, -0.05) is 0 Å². The number of carbonyl (C=O) groups is 2. The van der Waals surface area contributed by atoms with Crippen molar-refractivity contribution >= 4 is 23.2 Å². The second-order valence-corrected chi connectivity index (χ2v) is 7.30. The van der Waals surface area contributed by atoms with Gasteiger partial charge < -0.3 is 14.7 Å². The fourth-order valence-electron chi connectivity index (χ4n) is 3.20. The molecule has 2 bridgehead atoms. The second-order valence-electron chi connectivity index (χ2n) is 6.01. The Balaban J connectivity index is 1.80. The van der Waals surface area contributed by atoms with Gasteiger partial charge in [-0.15, -0.1) is 11.3 Å². The Kier molecular flexibility index (Phi) is 4.46. The maximum absolute atomic E-state index is 12.8. The van der Waals surface area contributed by atoms with Crippen LogP contribution in [-0.2, 0) is 9.53 Å². The number of fused-ring (bicyclic) bond motifs is 3. The minimum Gasteiger partial charge on any atom is -0.480 e. The van der Waals surface area contributed by atoms with Crippen LogP contribution in [0.3, 0.4) is 0 Å². The number of thiophene rings is 1. The zero-order valence-corrected chi connectivity index (χ0v) is 13.3. The molecule has 120 valence electrons. The summed E-state index contributed by atoms with van der Waals surface area (Å²) < 4.78 is 5.67. The Morgan fingerprint density at radius 1 is 1.32 bits per heavy atom. The van der Waals surface area contributed by atoms with Crippen molar-refractivity contribution in [2.75, 3.05) is 39.4 Å². The van der Waals surface area contributed by atoms with Gasteiger partial charge in [-0.05, 0) is 19.1 Å². The van der Waals surface area contributed by atoms with E-state index in [1.54, 1.807) is 0 Å². The molecule has 0 spiro atoms. The van der Waals surface area contributed by atoms with Gasteiger partial charge >= 0.3 is 5.97 Å². The number of hydrogen-bond donors (Lipinski definition) is 1. The summed E-state index contributed by atoms with van der Waals surface area (Å²) in [7, 11) is 0. The summed E-state index contributed by atoms with van der Waals surface area (Å²) in [6.07, 6.45) is 0. The van der Waals surface area contributed by atoms with Crippen molar-refractivity contribution in [2.24, 2.45) is 5.92 Å². The molecular formula is C15H20N2O4S. The van der Waals surface area contributed by atoms with Crippen molar-refractivity contribution < 1.29 is 19.4 Å². The Morgan fingerprint density at radius 3 is 2.82 bits per heavy atom. The average Bonchev–Trinajstić information content (AvgIpc) is 2.66. The maximum Gasteiger partial charge on any atom is 0.317 e. The largest absolute Gasteiger partial charge is 0.480 e. The van der Waals surface area contributed by atoms with Crippen LogP contribution >= 0.6 is 11.3 Å². The quantitative estimate of drug-likeness (QED) is 0.895. The summed E-state index contributed by atoms with van der Waals surface area (Å²) in [5.41, 5.74) is 0. The number of amides is 1. The Labute approximate surface area is 133 Å². The third-order valence-electron chi connectivity index (χ3n) is 4.12. The van der Waals surface area contributed by atoms with Gasteiger partial charge in [0.2, 0.25) is 0 Å². The summed E-state index contributed by atoms with van der Waals surface area (Å²) in [6, 6.07) is 3.74. The molecule has 0 radical (unpaired) electrons. The lowest BCUT2D eigenvalue weighted by atomic mass is 10.1. The van der Waals surface area contributed by atoms with E-state index in [0.717, 1.165) is 9.75 Å². The van der Waals surface area contributed by atoms with Crippen LogP contribution in [0.15, 0.2) is 12.1 Å². The van der Waals surface area contributed by atoms with E-state index in [2.05, 4.69) is 0 Å². The summed E-state index contributed by atoms with van der Waals surface area (Å²) in [4.78, 5) is 29.4. The van der Waals surface area contributed by atoms with Crippen LogP contribution in [0.4, 0.5) is 0 Å². The molecule has 0 unspecified atom stereocenters. The minimum absolute atomic E-state index is 0.0210. The van der Waals surface area contributed by atoms with E-state index in [0.29, 0.717) is 32.8 Å². The number of carbonyl (C=O) groups excluding carboxylic acids is 1. The average molecular weight is 324 g/mol. The molecule has 0 aliphatic carbocycles. The summed E-state index contributed by atoms with van der Waals surface area (Å²) >= 11 is 1.50. The second kappa shape index (κ2) is 6.36. The van der Waals surface area contributed by atoms with Crippen molar-refractivity contribution in [1.82, 2.24) is 9.80 Å². The summed E-state index contributed by atoms with van der Waals surface area (Å²) in [5.74, 6) is -0.625. The van der Waals surface area contributed by atoms with Crippen molar-refractivity contribution in [3.8, 4) is 0 Å². The monoisotopic (exact) mass is 324 g/mol. The Morgan fingerprint density at radius 2 is 2.14 bits per heavy atom. The molecule has 6 nitrogen and oxygen atoms in total. The number of hydrogen-bond acceptors (Lipinski definition) is 5. The highest BCUT2D eigenvalue weighted by atomic mass is 32.1. The topological polar surface area (TPSA) is 70.1 Å². The molecule has 3 rings (SSSR count). The fourth-order valence-corrected chi connectivity index (χ4v) is 4.02. The first-order valence-corrected chi connectivity index (χ1v) is 8.24. The van der Waals surface area contributed by atoms with Crippen LogP contribution in [0.25, 0.3) is 0 Å². The molecule has 22 heavy (non-hydrogen) atoms. The van der Waals surface area contributed by atoms with E-state index in [9.17, 15) is 9.59 Å². The molecule has 2 aliphatic rings. The van der Waals surface area contributed by atoms with Crippen LogP contribution in [0, 0.1) is 12.8 Å². The van der Waals surface area contributed by atoms with Gasteiger partial charge in [0.25, 0.3) is 5.91 Å². The van der Waals surface area contributed by atoms with Gasteiger partial charge in [-0.3, -0.25) is 14.5 Å². The molecule has 2 saturated heterocycles. The number of aliphatic carboxylic acids is 1. The summed E-state index contributed by atoms with van der Waals surface area (Å²) in [6.45, 7) is 4.92. The molecule has 1 aromatic rings. The van der Waals surface area contributed by atoms with Gasteiger partial charge in [0, 0.05) is 30.4 Å². The first-order valence-electron chi connectivity index (χ1n) is 7.42. The highest BCUT2D eigenvalue weighted by molar-refractivity contribution is 7.13. The third kappa shape index (κ3) is 3.31. The molecule has 2 fully saturated rings. The molecule has 0 saturated carbocycles. The zero-order valence-electron chi connectivity index (χ0n) is 12.5. The molecule has 2 aliphatic heterocycles. The van der Waals surface area contributed by atoms with E-state index < -0.39 is 5.97 Å². The van der Waals surface area contributed by atoms with E-state index >= 15 is 0 Å². The highest BCUT2D eigenvalue weighted by Gasteiger charge is 2.36. The normalized spacial score (nSPS) is 25.8. The van der Waals surface area contributed by atoms with Crippen LogP contribution in [0.5, 0.6) is 0 Å². The van der Waals surface area contributed by atoms with Crippen LogP contribution < -0.4 is 0 Å².